The van der Waals surface area contributed by atoms with Crippen molar-refractivity contribution in [1.29, 1.82) is 0 Å². The maximum absolute atomic E-state index is 8.28. The second-order valence-electron chi connectivity index (χ2n) is 5.14. The molecule has 0 radical (unpaired) electrons. The monoisotopic (exact) mass is 220 g/mol. The Bertz CT molecular complexity index is 305. The molecule has 0 atom stereocenters. The Morgan fingerprint density at radius 1 is 0.625 bits per heavy atom. The maximum Gasteiger partial charge on any atom is 0.0579 e. The Kier molecular flexibility index (Phi) is 4.12. The first-order chi connectivity index (χ1) is 8.79. The Morgan fingerprint density at radius 2 is 1.06 bits per heavy atom. The standard InChI is InChI=1S/C16H26/c1-3-7-11-15(12-8-4-1)16-13-9-5-2-6-10-14-16/h11,13H,1-10,12,14H2/b15-11+,16-13+/i11D,13D. The molecule has 0 amide bonds. The molecule has 0 aromatic carbocycles. The summed E-state index contributed by atoms with van der Waals surface area (Å²) in [6.45, 7) is 0. The van der Waals surface area contributed by atoms with Crippen molar-refractivity contribution in [2.24, 2.45) is 0 Å². The van der Waals surface area contributed by atoms with Gasteiger partial charge in [-0.15, -0.1) is 0 Å². The second kappa shape index (κ2) is 6.93. The summed E-state index contributed by atoms with van der Waals surface area (Å²) in [5.41, 5.74) is 2.50. The highest BCUT2D eigenvalue weighted by Gasteiger charge is 2.08. The van der Waals surface area contributed by atoms with Crippen LogP contribution in [0, 0.1) is 0 Å². The molecule has 2 rings (SSSR count). The first-order valence-electron chi connectivity index (χ1n) is 8.16. The molecule has 0 nitrogen and oxygen atoms in total. The summed E-state index contributed by atoms with van der Waals surface area (Å²) < 4.78 is 16.6. The van der Waals surface area contributed by atoms with Gasteiger partial charge in [-0.3, -0.25) is 0 Å². The third-order valence-corrected chi connectivity index (χ3v) is 3.75. The van der Waals surface area contributed by atoms with Gasteiger partial charge >= 0.3 is 0 Å². The normalized spacial score (nSPS) is 36.5. The number of rotatable bonds is 1. The minimum Gasteiger partial charge on any atom is -0.0811 e. The van der Waals surface area contributed by atoms with E-state index in [0.29, 0.717) is 0 Å². The summed E-state index contributed by atoms with van der Waals surface area (Å²) in [5.74, 6) is 0. The molecule has 90 valence electrons. The zero-order chi connectivity index (χ0) is 12.8. The lowest BCUT2D eigenvalue weighted by Gasteiger charge is -2.17. The van der Waals surface area contributed by atoms with Gasteiger partial charge in [0.1, 0.15) is 0 Å². The van der Waals surface area contributed by atoms with Crippen LogP contribution in [0.1, 0.15) is 79.8 Å². The smallest absolute Gasteiger partial charge is 0.0579 e. The summed E-state index contributed by atoms with van der Waals surface area (Å²) in [7, 11) is 0. The Morgan fingerprint density at radius 3 is 1.56 bits per heavy atom. The molecular weight excluding hydrogens is 192 g/mol. The molecule has 0 bridgehead atoms. The van der Waals surface area contributed by atoms with Gasteiger partial charge in [0.2, 0.25) is 0 Å². The molecule has 0 saturated carbocycles. The van der Waals surface area contributed by atoms with Crippen LogP contribution in [0.3, 0.4) is 0 Å². The van der Waals surface area contributed by atoms with Gasteiger partial charge < -0.3 is 0 Å². The lowest BCUT2D eigenvalue weighted by atomic mass is 9.89. The van der Waals surface area contributed by atoms with E-state index in [0.717, 1.165) is 37.8 Å². The zero-order valence-electron chi connectivity index (χ0n) is 12.5. The lowest BCUT2D eigenvalue weighted by Crippen LogP contribution is -1.97. The topological polar surface area (TPSA) is 0 Å². The average molecular weight is 220 g/mol. The SMILES string of the molecule is [2H]/C1=C(\C2=C(/[2H])CCCCCC2)CCCCCC1. The van der Waals surface area contributed by atoms with Crippen LogP contribution in [0.4, 0.5) is 0 Å². The van der Waals surface area contributed by atoms with Gasteiger partial charge in [0.25, 0.3) is 0 Å². The number of hydrogen-bond acceptors (Lipinski definition) is 0. The Labute approximate surface area is 104 Å². The lowest BCUT2D eigenvalue weighted by molar-refractivity contribution is 0.605. The molecule has 2 aliphatic carbocycles. The highest BCUT2D eigenvalue weighted by molar-refractivity contribution is 5.31. The van der Waals surface area contributed by atoms with Crippen LogP contribution in [0.25, 0.3) is 0 Å². The molecule has 2 aliphatic rings. The third-order valence-electron chi connectivity index (χ3n) is 3.75. The summed E-state index contributed by atoms with van der Waals surface area (Å²) in [6.07, 6.45) is 13.9. The van der Waals surface area contributed by atoms with E-state index in [1.807, 2.05) is 0 Å². The van der Waals surface area contributed by atoms with Crippen molar-refractivity contribution in [3.63, 3.8) is 0 Å². The van der Waals surface area contributed by atoms with Crippen LogP contribution in [0.15, 0.2) is 23.3 Å². The van der Waals surface area contributed by atoms with Gasteiger partial charge in [-0.2, -0.15) is 0 Å². The first-order valence-corrected chi connectivity index (χ1v) is 7.16. The van der Waals surface area contributed by atoms with E-state index in [9.17, 15) is 0 Å². The van der Waals surface area contributed by atoms with E-state index in [4.69, 9.17) is 2.74 Å². The highest BCUT2D eigenvalue weighted by atomic mass is 14.1. The molecule has 16 heavy (non-hydrogen) atoms. The third kappa shape index (κ3) is 3.81. The summed E-state index contributed by atoms with van der Waals surface area (Å²) in [5, 5.41) is 0. The highest BCUT2D eigenvalue weighted by Crippen LogP contribution is 2.28. The largest absolute Gasteiger partial charge is 0.0811 e. The van der Waals surface area contributed by atoms with Crippen molar-refractivity contribution in [1.82, 2.24) is 0 Å². The fourth-order valence-electron chi connectivity index (χ4n) is 2.73. The Balaban J connectivity index is 2.23. The first kappa shape index (κ1) is 9.50. The van der Waals surface area contributed by atoms with Crippen molar-refractivity contribution in [2.75, 3.05) is 0 Å². The molecule has 0 heterocycles. The second-order valence-corrected chi connectivity index (χ2v) is 5.14. The minimum absolute atomic E-state index is 0.843. The quantitative estimate of drug-likeness (QED) is 0.543. The van der Waals surface area contributed by atoms with Crippen molar-refractivity contribution < 1.29 is 2.74 Å². The van der Waals surface area contributed by atoms with Gasteiger partial charge in [0.15, 0.2) is 0 Å². The van der Waals surface area contributed by atoms with Crippen molar-refractivity contribution in [2.45, 2.75) is 77.0 Å². The fourth-order valence-corrected chi connectivity index (χ4v) is 2.73. The van der Waals surface area contributed by atoms with E-state index in [1.165, 1.54) is 62.5 Å². The van der Waals surface area contributed by atoms with E-state index >= 15 is 0 Å². The van der Waals surface area contributed by atoms with E-state index in [2.05, 4.69) is 0 Å². The number of hydrogen-bond donors (Lipinski definition) is 0. The summed E-state index contributed by atoms with van der Waals surface area (Å²) >= 11 is 0. The zero-order valence-corrected chi connectivity index (χ0v) is 10.5. The van der Waals surface area contributed by atoms with Crippen LogP contribution in [0.5, 0.6) is 0 Å². The van der Waals surface area contributed by atoms with E-state index in [1.54, 1.807) is 0 Å². The average Bonchev–Trinajstić information content (AvgIpc) is 2.32. The maximum atomic E-state index is 8.28. The summed E-state index contributed by atoms with van der Waals surface area (Å²) in [4.78, 5) is 0. The predicted molar refractivity (Wildman–Crippen MR) is 71.6 cm³/mol. The molecule has 0 fully saturated rings. The minimum atomic E-state index is 0.843. The predicted octanol–water partition coefficient (Wildman–Crippen LogP) is 5.55. The van der Waals surface area contributed by atoms with Gasteiger partial charge in [-0.1, -0.05) is 37.8 Å². The Hall–Kier alpha value is -0.520. The molecule has 0 aliphatic heterocycles. The molecule has 0 N–H and O–H groups in total. The molecule has 0 heteroatoms. The molecular formula is C16H26. The van der Waals surface area contributed by atoms with Crippen LogP contribution >= 0.6 is 0 Å². The fraction of sp³-hybridized carbons (Fsp3) is 0.750. The van der Waals surface area contributed by atoms with Crippen LogP contribution < -0.4 is 0 Å². The van der Waals surface area contributed by atoms with Crippen LogP contribution in [-0.2, 0) is 0 Å². The van der Waals surface area contributed by atoms with Gasteiger partial charge in [-0.05, 0) is 62.5 Å². The van der Waals surface area contributed by atoms with E-state index < -0.39 is 0 Å². The van der Waals surface area contributed by atoms with Gasteiger partial charge in [0.05, 0.1) is 2.74 Å². The molecule has 0 spiro atoms. The van der Waals surface area contributed by atoms with Crippen LogP contribution in [-0.4, -0.2) is 0 Å². The molecule has 0 aromatic rings. The molecule has 0 unspecified atom stereocenters. The molecule has 0 saturated heterocycles. The van der Waals surface area contributed by atoms with Gasteiger partial charge in [0, 0.05) is 0 Å². The number of allylic oxidation sites excluding steroid dienone is 4. The van der Waals surface area contributed by atoms with Crippen molar-refractivity contribution in [3.05, 3.63) is 23.3 Å². The van der Waals surface area contributed by atoms with Crippen LogP contribution in [0.2, 0.25) is 0 Å². The van der Waals surface area contributed by atoms with Crippen molar-refractivity contribution in [3.8, 4) is 0 Å². The van der Waals surface area contributed by atoms with Gasteiger partial charge in [-0.25, -0.2) is 0 Å². The summed E-state index contributed by atoms with van der Waals surface area (Å²) in [6, 6.07) is 1.69. The van der Waals surface area contributed by atoms with Crippen molar-refractivity contribution >= 4 is 0 Å². The van der Waals surface area contributed by atoms with E-state index in [-0.39, 0.29) is 0 Å². The molecule has 0 aromatic heterocycles.